The van der Waals surface area contributed by atoms with E-state index < -0.39 is 0 Å². The zero-order chi connectivity index (χ0) is 11.7. The summed E-state index contributed by atoms with van der Waals surface area (Å²) in [5.41, 5.74) is 0. The minimum absolute atomic E-state index is 0.177. The van der Waals surface area contributed by atoms with Gasteiger partial charge in [0.05, 0.1) is 11.4 Å². The number of carbonyl (C=O) groups excluding carboxylic acids is 1. The third-order valence-corrected chi connectivity index (χ3v) is 5.19. The Labute approximate surface area is 102 Å². The van der Waals surface area contributed by atoms with Gasteiger partial charge >= 0.3 is 0 Å². The molecule has 0 radical (unpaired) electrons. The molecule has 0 aromatic rings. The molecule has 92 valence electrons. The fourth-order valence-corrected chi connectivity index (χ4v) is 3.86. The molecule has 0 unspecified atom stereocenters. The predicted octanol–water partition coefficient (Wildman–Crippen LogP) is 1.91. The Kier molecular flexibility index (Phi) is 3.80. The van der Waals surface area contributed by atoms with Crippen molar-refractivity contribution in [2.75, 3.05) is 13.2 Å². The molecule has 2 heterocycles. The van der Waals surface area contributed by atoms with Crippen molar-refractivity contribution in [1.29, 1.82) is 0 Å². The summed E-state index contributed by atoms with van der Waals surface area (Å²) in [7, 11) is 0. The van der Waals surface area contributed by atoms with E-state index in [1.54, 1.807) is 0 Å². The fraction of sp³-hybridized carbons (Fsp3) is 0.917. The van der Waals surface area contributed by atoms with Crippen molar-refractivity contribution in [3.05, 3.63) is 0 Å². The van der Waals surface area contributed by atoms with E-state index in [0.717, 1.165) is 26.0 Å². The van der Waals surface area contributed by atoms with Gasteiger partial charge in [0.25, 0.3) is 0 Å². The Balaban J connectivity index is 1.89. The maximum Gasteiger partial charge on any atom is 0.235 e. The van der Waals surface area contributed by atoms with Crippen molar-refractivity contribution in [2.24, 2.45) is 0 Å². The zero-order valence-corrected chi connectivity index (χ0v) is 11.1. The standard InChI is InChI=1S/C12H21NO2S/c1-8(2)13-6-4-11(12(13)14)16-10-5-7-15-9(10)3/h8-11H,4-7H2,1-3H3/t9-,10-,11+/m0/s1. The highest BCUT2D eigenvalue weighted by Crippen LogP contribution is 2.34. The largest absolute Gasteiger partial charge is 0.377 e. The van der Waals surface area contributed by atoms with Crippen molar-refractivity contribution in [3.8, 4) is 0 Å². The minimum atomic E-state index is 0.177. The summed E-state index contributed by atoms with van der Waals surface area (Å²) in [6.45, 7) is 8.08. The number of nitrogens with zero attached hydrogens (tertiary/aromatic N) is 1. The smallest absolute Gasteiger partial charge is 0.235 e. The van der Waals surface area contributed by atoms with Crippen molar-refractivity contribution in [1.82, 2.24) is 4.90 Å². The molecule has 2 aliphatic rings. The van der Waals surface area contributed by atoms with Gasteiger partial charge in [-0.3, -0.25) is 4.79 Å². The molecule has 0 aromatic heterocycles. The average molecular weight is 243 g/mol. The molecule has 4 heteroatoms. The summed E-state index contributed by atoms with van der Waals surface area (Å²) in [6.07, 6.45) is 2.41. The van der Waals surface area contributed by atoms with Crippen LogP contribution in [-0.4, -0.2) is 46.6 Å². The number of amides is 1. The Morgan fingerprint density at radius 1 is 1.44 bits per heavy atom. The van der Waals surface area contributed by atoms with Gasteiger partial charge in [0.1, 0.15) is 0 Å². The molecule has 1 amide bonds. The van der Waals surface area contributed by atoms with Crippen LogP contribution >= 0.6 is 11.8 Å². The lowest BCUT2D eigenvalue weighted by Crippen LogP contribution is -2.35. The molecule has 2 aliphatic heterocycles. The molecule has 3 nitrogen and oxygen atoms in total. The SMILES string of the molecule is CC(C)N1CC[C@@H](S[C@H]2CCO[C@H]2C)C1=O. The predicted molar refractivity (Wildman–Crippen MR) is 66.7 cm³/mol. The van der Waals surface area contributed by atoms with Gasteiger partial charge in [0.2, 0.25) is 5.91 Å². The van der Waals surface area contributed by atoms with Crippen LogP contribution in [0.15, 0.2) is 0 Å². The molecule has 16 heavy (non-hydrogen) atoms. The van der Waals surface area contributed by atoms with Gasteiger partial charge in [-0.15, -0.1) is 11.8 Å². The Hall–Kier alpha value is -0.220. The van der Waals surface area contributed by atoms with Gasteiger partial charge in [-0.25, -0.2) is 0 Å². The number of carbonyl (C=O) groups is 1. The van der Waals surface area contributed by atoms with Crippen LogP contribution in [0.2, 0.25) is 0 Å². The van der Waals surface area contributed by atoms with Crippen LogP contribution in [-0.2, 0) is 9.53 Å². The van der Waals surface area contributed by atoms with E-state index in [9.17, 15) is 4.79 Å². The number of rotatable bonds is 3. The lowest BCUT2D eigenvalue weighted by atomic mass is 10.3. The second kappa shape index (κ2) is 4.96. The van der Waals surface area contributed by atoms with Crippen molar-refractivity contribution >= 4 is 17.7 Å². The minimum Gasteiger partial charge on any atom is -0.377 e. The molecule has 0 saturated carbocycles. The summed E-state index contributed by atoms with van der Waals surface area (Å²) in [5.74, 6) is 0.333. The lowest BCUT2D eigenvalue weighted by molar-refractivity contribution is -0.128. The number of thioether (sulfide) groups is 1. The fourth-order valence-electron chi connectivity index (χ4n) is 2.42. The monoisotopic (exact) mass is 243 g/mol. The van der Waals surface area contributed by atoms with Crippen molar-refractivity contribution in [2.45, 2.75) is 56.3 Å². The molecular weight excluding hydrogens is 222 g/mol. The van der Waals surface area contributed by atoms with E-state index in [4.69, 9.17) is 4.74 Å². The van der Waals surface area contributed by atoms with Crippen LogP contribution in [0.1, 0.15) is 33.6 Å². The third kappa shape index (κ3) is 2.38. The van der Waals surface area contributed by atoms with Gasteiger partial charge in [0.15, 0.2) is 0 Å². The van der Waals surface area contributed by atoms with Gasteiger partial charge in [0, 0.05) is 24.4 Å². The van der Waals surface area contributed by atoms with Crippen LogP contribution in [0.3, 0.4) is 0 Å². The van der Waals surface area contributed by atoms with Crippen LogP contribution in [0.5, 0.6) is 0 Å². The highest BCUT2D eigenvalue weighted by Gasteiger charge is 2.37. The maximum atomic E-state index is 12.1. The summed E-state index contributed by atoms with van der Waals surface area (Å²) in [5, 5.41) is 0.692. The van der Waals surface area contributed by atoms with E-state index >= 15 is 0 Å². The summed E-state index contributed by atoms with van der Waals surface area (Å²) >= 11 is 1.84. The van der Waals surface area contributed by atoms with Gasteiger partial charge in [-0.05, 0) is 33.6 Å². The van der Waals surface area contributed by atoms with E-state index in [1.165, 1.54) is 0 Å². The topological polar surface area (TPSA) is 29.5 Å². The number of hydrogen-bond donors (Lipinski definition) is 0. The molecular formula is C12H21NO2S. The first-order valence-electron chi connectivity index (χ1n) is 6.17. The first-order valence-corrected chi connectivity index (χ1v) is 7.11. The van der Waals surface area contributed by atoms with E-state index in [-0.39, 0.29) is 5.25 Å². The molecule has 0 bridgehead atoms. The molecule has 2 fully saturated rings. The summed E-state index contributed by atoms with van der Waals surface area (Å²) in [6, 6.07) is 0.343. The first kappa shape index (κ1) is 12.2. The molecule has 0 N–H and O–H groups in total. The Bertz CT molecular complexity index is 270. The van der Waals surface area contributed by atoms with E-state index in [1.807, 2.05) is 16.7 Å². The average Bonchev–Trinajstić information content (AvgIpc) is 2.76. The third-order valence-electron chi connectivity index (χ3n) is 3.46. The number of ether oxygens (including phenoxy) is 1. The van der Waals surface area contributed by atoms with Gasteiger partial charge in [-0.1, -0.05) is 0 Å². The molecule has 3 atom stereocenters. The summed E-state index contributed by atoms with van der Waals surface area (Å²) < 4.78 is 5.54. The molecule has 0 aromatic carbocycles. The highest BCUT2D eigenvalue weighted by atomic mass is 32.2. The number of hydrogen-bond acceptors (Lipinski definition) is 3. The second-order valence-electron chi connectivity index (χ2n) is 4.94. The second-order valence-corrected chi connectivity index (χ2v) is 6.39. The quantitative estimate of drug-likeness (QED) is 0.758. The summed E-state index contributed by atoms with van der Waals surface area (Å²) in [4.78, 5) is 14.1. The Morgan fingerprint density at radius 3 is 2.69 bits per heavy atom. The number of likely N-dealkylation sites (tertiary alicyclic amines) is 1. The molecule has 2 saturated heterocycles. The van der Waals surface area contributed by atoms with Gasteiger partial charge < -0.3 is 9.64 Å². The molecule has 0 spiro atoms. The van der Waals surface area contributed by atoms with Crippen LogP contribution in [0, 0.1) is 0 Å². The van der Waals surface area contributed by atoms with Crippen molar-refractivity contribution in [3.63, 3.8) is 0 Å². The Morgan fingerprint density at radius 2 is 2.19 bits per heavy atom. The lowest BCUT2D eigenvalue weighted by Gasteiger charge is -2.22. The van der Waals surface area contributed by atoms with Crippen LogP contribution < -0.4 is 0 Å². The van der Waals surface area contributed by atoms with Crippen LogP contribution in [0.25, 0.3) is 0 Å². The molecule has 0 aliphatic carbocycles. The van der Waals surface area contributed by atoms with Gasteiger partial charge in [-0.2, -0.15) is 0 Å². The van der Waals surface area contributed by atoms with Crippen LogP contribution in [0.4, 0.5) is 0 Å². The van der Waals surface area contributed by atoms with E-state index in [2.05, 4.69) is 20.8 Å². The van der Waals surface area contributed by atoms with Crippen molar-refractivity contribution < 1.29 is 9.53 Å². The normalized spacial score (nSPS) is 35.4. The zero-order valence-electron chi connectivity index (χ0n) is 10.3. The molecule has 2 rings (SSSR count). The highest BCUT2D eigenvalue weighted by molar-refractivity contribution is 8.01. The van der Waals surface area contributed by atoms with E-state index in [0.29, 0.717) is 23.3 Å². The maximum absolute atomic E-state index is 12.1. The first-order chi connectivity index (χ1) is 7.59.